The van der Waals surface area contributed by atoms with Crippen LogP contribution in [0.4, 0.5) is 5.69 Å². The number of hydrogen-bond donors (Lipinski definition) is 2. The van der Waals surface area contributed by atoms with E-state index in [4.69, 9.17) is 9.63 Å². The minimum atomic E-state index is -1.08. The second-order valence-corrected chi connectivity index (χ2v) is 7.40. The first-order valence-electron chi connectivity index (χ1n) is 8.55. The summed E-state index contributed by atoms with van der Waals surface area (Å²) in [7, 11) is 0. The lowest BCUT2D eigenvalue weighted by Gasteiger charge is -2.15. The number of nitrogens with zero attached hydrogens (tertiary/aromatic N) is 1. The van der Waals surface area contributed by atoms with Gasteiger partial charge in [0.2, 0.25) is 5.91 Å². The zero-order chi connectivity index (χ0) is 20.1. The van der Waals surface area contributed by atoms with E-state index in [1.165, 1.54) is 19.1 Å². The van der Waals surface area contributed by atoms with Gasteiger partial charge in [0.05, 0.1) is 17.2 Å². The third-order valence-corrected chi connectivity index (χ3v) is 5.10. The first-order valence-corrected chi connectivity index (χ1v) is 9.53. The van der Waals surface area contributed by atoms with Crippen LogP contribution in [-0.4, -0.2) is 33.0 Å². The van der Waals surface area contributed by atoms with E-state index < -0.39 is 11.9 Å². The summed E-state index contributed by atoms with van der Waals surface area (Å²) in [4.78, 5) is 35.3. The lowest BCUT2D eigenvalue weighted by Crippen LogP contribution is -2.27. The van der Waals surface area contributed by atoms with Crippen molar-refractivity contribution in [2.75, 3.05) is 11.1 Å². The summed E-state index contributed by atoms with van der Waals surface area (Å²) in [5.74, 6) is -1.66. The fourth-order valence-electron chi connectivity index (χ4n) is 2.74. The average Bonchev–Trinajstić information content (AvgIpc) is 3.08. The standard InChI is InChI=1S/C20H18N2O5S/c1-12(23)28-11-14(10-17-16-7-2-3-8-18(16)27-22-17)19(24)21-15-6-4-5-13(9-15)20(25)26/h2-9,14H,10-11H2,1H3,(H,21,24)(H,25,26). The predicted molar refractivity (Wildman–Crippen MR) is 106 cm³/mol. The summed E-state index contributed by atoms with van der Waals surface area (Å²) in [5.41, 5.74) is 1.73. The van der Waals surface area contributed by atoms with Crippen molar-refractivity contribution in [1.29, 1.82) is 0 Å². The Kier molecular flexibility index (Phi) is 6.10. The summed E-state index contributed by atoms with van der Waals surface area (Å²) in [6.07, 6.45) is 0.293. The van der Waals surface area contributed by atoms with Crippen LogP contribution in [0.5, 0.6) is 0 Å². The highest BCUT2D eigenvalue weighted by atomic mass is 32.2. The molecule has 1 aromatic heterocycles. The van der Waals surface area contributed by atoms with Crippen LogP contribution in [0.15, 0.2) is 53.1 Å². The number of carboxylic acids is 1. The normalized spacial score (nSPS) is 11.9. The maximum absolute atomic E-state index is 12.8. The number of nitrogens with one attached hydrogen (secondary N) is 1. The van der Waals surface area contributed by atoms with Crippen LogP contribution in [0.1, 0.15) is 23.0 Å². The molecule has 2 N–H and O–H groups in total. The molecule has 0 saturated heterocycles. The first kappa shape index (κ1) is 19.6. The molecular formula is C20H18N2O5S. The Labute approximate surface area is 165 Å². The van der Waals surface area contributed by atoms with Crippen molar-refractivity contribution in [3.8, 4) is 0 Å². The Morgan fingerprint density at radius 3 is 2.71 bits per heavy atom. The van der Waals surface area contributed by atoms with E-state index in [1.54, 1.807) is 18.2 Å². The molecule has 2 aromatic carbocycles. The highest BCUT2D eigenvalue weighted by Gasteiger charge is 2.23. The number of carbonyl (C=O) groups is 3. The topological polar surface area (TPSA) is 110 Å². The molecule has 1 atom stereocenters. The Hall–Kier alpha value is -3.13. The molecule has 28 heavy (non-hydrogen) atoms. The van der Waals surface area contributed by atoms with E-state index in [-0.39, 0.29) is 22.3 Å². The van der Waals surface area contributed by atoms with E-state index >= 15 is 0 Å². The van der Waals surface area contributed by atoms with Gasteiger partial charge in [-0.15, -0.1) is 0 Å². The number of anilines is 1. The molecule has 3 aromatic rings. The molecule has 0 fully saturated rings. The Morgan fingerprint density at radius 2 is 1.96 bits per heavy atom. The largest absolute Gasteiger partial charge is 0.478 e. The van der Waals surface area contributed by atoms with Gasteiger partial charge in [0.1, 0.15) is 0 Å². The maximum atomic E-state index is 12.8. The molecule has 1 unspecified atom stereocenters. The second-order valence-electron chi connectivity index (χ2n) is 6.20. The molecule has 0 aliphatic rings. The van der Waals surface area contributed by atoms with Crippen molar-refractivity contribution in [2.24, 2.45) is 5.92 Å². The molecule has 144 valence electrons. The summed E-state index contributed by atoms with van der Waals surface area (Å²) < 4.78 is 5.29. The number of aromatic nitrogens is 1. The van der Waals surface area contributed by atoms with Crippen molar-refractivity contribution in [3.05, 3.63) is 59.8 Å². The molecule has 0 spiro atoms. The van der Waals surface area contributed by atoms with Gasteiger partial charge < -0.3 is 14.9 Å². The van der Waals surface area contributed by atoms with E-state index in [1.807, 2.05) is 18.2 Å². The van der Waals surface area contributed by atoms with Gasteiger partial charge in [0.15, 0.2) is 10.7 Å². The lowest BCUT2D eigenvalue weighted by molar-refractivity contribution is -0.119. The minimum Gasteiger partial charge on any atom is -0.478 e. The van der Waals surface area contributed by atoms with Gasteiger partial charge in [-0.3, -0.25) is 9.59 Å². The zero-order valence-corrected chi connectivity index (χ0v) is 15.9. The molecule has 0 radical (unpaired) electrons. The number of benzene rings is 2. The monoisotopic (exact) mass is 398 g/mol. The molecule has 3 rings (SSSR count). The van der Waals surface area contributed by atoms with E-state index in [0.29, 0.717) is 23.4 Å². The SMILES string of the molecule is CC(=O)SCC(Cc1noc2ccccc12)C(=O)Nc1cccc(C(=O)O)c1. The van der Waals surface area contributed by atoms with Crippen LogP contribution in [0, 0.1) is 5.92 Å². The highest BCUT2D eigenvalue weighted by Crippen LogP contribution is 2.23. The van der Waals surface area contributed by atoms with Crippen molar-refractivity contribution in [3.63, 3.8) is 0 Å². The Bertz CT molecular complexity index is 1030. The van der Waals surface area contributed by atoms with Crippen LogP contribution >= 0.6 is 11.8 Å². The van der Waals surface area contributed by atoms with Gasteiger partial charge in [-0.1, -0.05) is 35.1 Å². The van der Waals surface area contributed by atoms with Crippen molar-refractivity contribution >= 4 is 45.4 Å². The van der Waals surface area contributed by atoms with E-state index in [9.17, 15) is 14.4 Å². The summed E-state index contributed by atoms with van der Waals surface area (Å²) in [5, 5.41) is 16.6. The van der Waals surface area contributed by atoms with Crippen molar-refractivity contribution < 1.29 is 24.0 Å². The molecule has 0 aliphatic carbocycles. The molecule has 0 bridgehead atoms. The average molecular weight is 398 g/mol. The summed E-state index contributed by atoms with van der Waals surface area (Å²) in [6.45, 7) is 1.45. The van der Waals surface area contributed by atoms with Gasteiger partial charge in [0.25, 0.3) is 0 Å². The van der Waals surface area contributed by atoms with E-state index in [2.05, 4.69) is 10.5 Å². The fraction of sp³-hybridized carbons (Fsp3) is 0.200. The number of aromatic carboxylic acids is 1. The Balaban J connectivity index is 1.80. The minimum absolute atomic E-state index is 0.0787. The number of fused-ring (bicyclic) bond motifs is 1. The molecular weight excluding hydrogens is 380 g/mol. The van der Waals surface area contributed by atoms with Gasteiger partial charge in [-0.2, -0.15) is 0 Å². The van der Waals surface area contributed by atoms with Gasteiger partial charge in [0, 0.05) is 30.2 Å². The molecule has 1 amide bonds. The third kappa shape index (κ3) is 4.77. The molecule has 7 nitrogen and oxygen atoms in total. The smallest absolute Gasteiger partial charge is 0.335 e. The van der Waals surface area contributed by atoms with Crippen LogP contribution < -0.4 is 5.32 Å². The Morgan fingerprint density at radius 1 is 1.18 bits per heavy atom. The highest BCUT2D eigenvalue weighted by molar-refractivity contribution is 8.13. The number of rotatable bonds is 7. The maximum Gasteiger partial charge on any atom is 0.335 e. The number of carbonyl (C=O) groups excluding carboxylic acids is 2. The van der Waals surface area contributed by atoms with E-state index in [0.717, 1.165) is 17.1 Å². The molecule has 0 aliphatic heterocycles. The van der Waals surface area contributed by atoms with Crippen LogP contribution in [0.3, 0.4) is 0 Å². The van der Waals surface area contributed by atoms with Crippen LogP contribution in [-0.2, 0) is 16.0 Å². The third-order valence-electron chi connectivity index (χ3n) is 4.13. The number of thioether (sulfide) groups is 1. The molecule has 0 saturated carbocycles. The van der Waals surface area contributed by atoms with Crippen LogP contribution in [0.2, 0.25) is 0 Å². The first-order chi connectivity index (χ1) is 13.4. The number of carboxylic acid groups (broad SMARTS) is 1. The second kappa shape index (κ2) is 8.71. The quantitative estimate of drug-likeness (QED) is 0.626. The molecule has 1 heterocycles. The van der Waals surface area contributed by atoms with Gasteiger partial charge in [-0.25, -0.2) is 4.79 Å². The van der Waals surface area contributed by atoms with Gasteiger partial charge >= 0.3 is 5.97 Å². The van der Waals surface area contributed by atoms with Crippen molar-refractivity contribution in [1.82, 2.24) is 5.16 Å². The van der Waals surface area contributed by atoms with Crippen LogP contribution in [0.25, 0.3) is 11.0 Å². The summed E-state index contributed by atoms with van der Waals surface area (Å²) in [6, 6.07) is 13.4. The summed E-state index contributed by atoms with van der Waals surface area (Å²) >= 11 is 1.06. The predicted octanol–water partition coefficient (Wildman–Crippen LogP) is 3.60. The van der Waals surface area contributed by atoms with Gasteiger partial charge in [-0.05, 0) is 30.3 Å². The number of para-hydroxylation sites is 1. The fourth-order valence-corrected chi connectivity index (χ4v) is 3.44. The molecule has 8 heteroatoms. The number of hydrogen-bond acceptors (Lipinski definition) is 6. The lowest BCUT2D eigenvalue weighted by atomic mass is 10.0. The van der Waals surface area contributed by atoms with Crippen molar-refractivity contribution in [2.45, 2.75) is 13.3 Å². The zero-order valence-electron chi connectivity index (χ0n) is 15.0. The number of amides is 1.